The summed E-state index contributed by atoms with van der Waals surface area (Å²) in [7, 11) is 0. The van der Waals surface area contributed by atoms with Gasteiger partial charge in [0.05, 0.1) is 5.69 Å². The fourth-order valence-electron chi connectivity index (χ4n) is 2.31. The maximum atomic E-state index is 4.64. The molecule has 1 aromatic heterocycles. The number of pyridine rings is 1. The van der Waals surface area contributed by atoms with E-state index in [2.05, 4.69) is 58.7 Å². The van der Waals surface area contributed by atoms with Gasteiger partial charge in [0.1, 0.15) is 0 Å². The predicted octanol–water partition coefficient (Wildman–Crippen LogP) is 4.60. The van der Waals surface area contributed by atoms with Gasteiger partial charge in [-0.3, -0.25) is 4.98 Å². The van der Waals surface area contributed by atoms with Crippen LogP contribution in [0.2, 0.25) is 0 Å². The maximum Gasteiger partial charge on any atom is 0.0736 e. The van der Waals surface area contributed by atoms with E-state index in [0.717, 1.165) is 5.69 Å². The minimum atomic E-state index is 1.12. The Labute approximate surface area is 110 Å². The Morgan fingerprint density at radius 1 is 0.667 bits per heavy atom. The molecule has 1 nitrogen and oxygen atoms in total. The van der Waals surface area contributed by atoms with Crippen molar-refractivity contribution in [2.75, 3.05) is 0 Å². The van der Waals surface area contributed by atoms with Crippen LogP contribution in [0.15, 0.2) is 18.3 Å². The van der Waals surface area contributed by atoms with Crippen LogP contribution < -0.4 is 0 Å². The molecule has 0 aliphatic carbocycles. The molecule has 0 radical (unpaired) electrons. The summed E-state index contributed by atoms with van der Waals surface area (Å²) in [5, 5.41) is 0. The smallest absolute Gasteiger partial charge is 0.0736 e. The molecule has 0 aliphatic rings. The highest BCUT2D eigenvalue weighted by Gasteiger charge is 2.11. The lowest BCUT2D eigenvalue weighted by atomic mass is 9.93. The lowest BCUT2D eigenvalue weighted by Crippen LogP contribution is -1.98. The molecule has 0 fully saturated rings. The Bertz CT molecular complexity index is 554. The number of benzene rings is 1. The van der Waals surface area contributed by atoms with Gasteiger partial charge < -0.3 is 0 Å². The molecule has 0 spiro atoms. The van der Waals surface area contributed by atoms with Crippen molar-refractivity contribution in [3.8, 4) is 11.3 Å². The number of hydrogen-bond acceptors (Lipinski definition) is 1. The summed E-state index contributed by atoms with van der Waals surface area (Å²) in [6, 6.07) is 4.38. The van der Waals surface area contributed by atoms with Crippen molar-refractivity contribution in [1.29, 1.82) is 0 Å². The average molecular weight is 239 g/mol. The molecule has 0 unspecified atom stereocenters. The Morgan fingerprint density at radius 3 is 1.94 bits per heavy atom. The van der Waals surface area contributed by atoms with Crippen molar-refractivity contribution >= 4 is 0 Å². The van der Waals surface area contributed by atoms with Crippen molar-refractivity contribution in [2.45, 2.75) is 41.5 Å². The van der Waals surface area contributed by atoms with Crippen LogP contribution in [-0.4, -0.2) is 4.98 Å². The second kappa shape index (κ2) is 4.56. The summed E-state index contributed by atoms with van der Waals surface area (Å²) in [5.74, 6) is 0. The van der Waals surface area contributed by atoms with Crippen LogP contribution in [0.3, 0.4) is 0 Å². The third-order valence-electron chi connectivity index (χ3n) is 4.21. The van der Waals surface area contributed by atoms with Crippen LogP contribution in [0.5, 0.6) is 0 Å². The number of aryl methyl sites for hydroxylation is 2. The van der Waals surface area contributed by atoms with Crippen LogP contribution in [0.25, 0.3) is 11.3 Å². The lowest BCUT2D eigenvalue weighted by molar-refractivity contribution is 1.15. The van der Waals surface area contributed by atoms with Crippen molar-refractivity contribution in [1.82, 2.24) is 4.98 Å². The van der Waals surface area contributed by atoms with Gasteiger partial charge in [-0.15, -0.1) is 0 Å². The quantitative estimate of drug-likeness (QED) is 0.708. The number of aromatic nitrogens is 1. The van der Waals surface area contributed by atoms with E-state index in [-0.39, 0.29) is 0 Å². The highest BCUT2D eigenvalue weighted by Crippen LogP contribution is 2.30. The van der Waals surface area contributed by atoms with E-state index in [1.54, 1.807) is 0 Å². The molecule has 2 aromatic rings. The van der Waals surface area contributed by atoms with E-state index in [4.69, 9.17) is 0 Å². The first-order valence-corrected chi connectivity index (χ1v) is 6.43. The lowest BCUT2D eigenvalue weighted by Gasteiger charge is -2.15. The second-order valence-electron chi connectivity index (χ2n) is 5.22. The molecule has 0 saturated heterocycles. The van der Waals surface area contributed by atoms with Gasteiger partial charge in [0.25, 0.3) is 0 Å². The molecule has 0 N–H and O–H groups in total. The Balaban J connectivity index is 2.71. The summed E-state index contributed by atoms with van der Waals surface area (Å²) in [6.45, 7) is 13.0. The fraction of sp³-hybridized carbons (Fsp3) is 0.353. The molecule has 0 atom stereocenters. The third-order valence-corrected chi connectivity index (χ3v) is 4.21. The van der Waals surface area contributed by atoms with Crippen molar-refractivity contribution in [3.05, 3.63) is 51.7 Å². The van der Waals surface area contributed by atoms with Gasteiger partial charge in [0.15, 0.2) is 0 Å². The Hall–Kier alpha value is -1.63. The summed E-state index contributed by atoms with van der Waals surface area (Å²) in [6.07, 6.45) is 1.98. The van der Waals surface area contributed by atoms with Gasteiger partial charge >= 0.3 is 0 Å². The monoisotopic (exact) mass is 239 g/mol. The van der Waals surface area contributed by atoms with Crippen LogP contribution in [-0.2, 0) is 0 Å². The molecule has 18 heavy (non-hydrogen) atoms. The zero-order valence-electron chi connectivity index (χ0n) is 12.2. The maximum absolute atomic E-state index is 4.64. The zero-order valence-corrected chi connectivity index (χ0v) is 12.2. The zero-order chi connectivity index (χ0) is 13.4. The predicted molar refractivity (Wildman–Crippen MR) is 78.1 cm³/mol. The SMILES string of the molecule is Cc1ccc(-c2ncc(C)c(C)c2C)c(C)c1C. The summed E-state index contributed by atoms with van der Waals surface area (Å²) in [5.41, 5.74) is 10.3. The molecule has 2 rings (SSSR count). The molecule has 0 saturated carbocycles. The minimum Gasteiger partial charge on any atom is -0.256 e. The first kappa shape index (κ1) is 12.8. The second-order valence-corrected chi connectivity index (χ2v) is 5.22. The standard InChI is InChI=1S/C17H21N/c1-10-7-8-16(14(5)12(10)3)17-15(6)13(4)11(2)9-18-17/h7-9H,1-6H3. The molecule has 0 aliphatic heterocycles. The molecule has 1 heterocycles. The van der Waals surface area contributed by atoms with E-state index < -0.39 is 0 Å². The number of rotatable bonds is 1. The van der Waals surface area contributed by atoms with Gasteiger partial charge in [0, 0.05) is 11.8 Å². The number of nitrogens with zero attached hydrogens (tertiary/aromatic N) is 1. The van der Waals surface area contributed by atoms with E-state index in [9.17, 15) is 0 Å². The first-order chi connectivity index (χ1) is 8.43. The summed E-state index contributed by atoms with van der Waals surface area (Å²) >= 11 is 0. The molecule has 1 heteroatoms. The van der Waals surface area contributed by atoms with Gasteiger partial charge in [-0.2, -0.15) is 0 Å². The van der Waals surface area contributed by atoms with Gasteiger partial charge in [-0.1, -0.05) is 12.1 Å². The molecular weight excluding hydrogens is 218 g/mol. The molecule has 0 bridgehead atoms. The van der Waals surface area contributed by atoms with E-state index in [0.29, 0.717) is 0 Å². The van der Waals surface area contributed by atoms with Gasteiger partial charge in [0.2, 0.25) is 0 Å². The highest BCUT2D eigenvalue weighted by molar-refractivity contribution is 5.70. The summed E-state index contributed by atoms with van der Waals surface area (Å²) in [4.78, 5) is 4.64. The van der Waals surface area contributed by atoms with Crippen molar-refractivity contribution < 1.29 is 0 Å². The van der Waals surface area contributed by atoms with E-state index >= 15 is 0 Å². The Kier molecular flexibility index (Phi) is 3.25. The fourth-order valence-corrected chi connectivity index (χ4v) is 2.31. The van der Waals surface area contributed by atoms with E-state index in [1.165, 1.54) is 38.9 Å². The third kappa shape index (κ3) is 1.94. The van der Waals surface area contributed by atoms with Gasteiger partial charge in [-0.05, 0) is 74.9 Å². The summed E-state index contributed by atoms with van der Waals surface area (Å²) < 4.78 is 0. The molecule has 94 valence electrons. The number of hydrogen-bond donors (Lipinski definition) is 0. The van der Waals surface area contributed by atoms with Crippen LogP contribution in [0.4, 0.5) is 0 Å². The van der Waals surface area contributed by atoms with Crippen LogP contribution in [0.1, 0.15) is 33.4 Å². The van der Waals surface area contributed by atoms with Crippen LogP contribution >= 0.6 is 0 Å². The minimum absolute atomic E-state index is 1.12. The first-order valence-electron chi connectivity index (χ1n) is 6.43. The van der Waals surface area contributed by atoms with Gasteiger partial charge in [-0.25, -0.2) is 0 Å². The normalized spacial score (nSPS) is 10.8. The van der Waals surface area contributed by atoms with Crippen molar-refractivity contribution in [2.24, 2.45) is 0 Å². The van der Waals surface area contributed by atoms with Crippen molar-refractivity contribution in [3.63, 3.8) is 0 Å². The van der Waals surface area contributed by atoms with Crippen LogP contribution in [0, 0.1) is 41.5 Å². The van der Waals surface area contributed by atoms with E-state index in [1.807, 2.05) is 6.20 Å². The Morgan fingerprint density at radius 2 is 1.28 bits per heavy atom. The largest absolute Gasteiger partial charge is 0.256 e. The average Bonchev–Trinajstić information content (AvgIpc) is 2.35. The molecule has 1 aromatic carbocycles. The highest BCUT2D eigenvalue weighted by atomic mass is 14.7. The molecule has 0 amide bonds. The topological polar surface area (TPSA) is 12.9 Å². The molecular formula is C17H21N.